The fourth-order valence-corrected chi connectivity index (χ4v) is 5.73. The maximum atomic E-state index is 13.1. The molecule has 0 unspecified atom stereocenters. The zero-order valence-electron chi connectivity index (χ0n) is 14.6. The maximum absolute atomic E-state index is 13.1. The zero-order chi connectivity index (χ0) is 19.1. The summed E-state index contributed by atoms with van der Waals surface area (Å²) in [4.78, 5) is 23.3. The van der Waals surface area contributed by atoms with Gasteiger partial charge < -0.3 is 14.6 Å². The van der Waals surface area contributed by atoms with Gasteiger partial charge in [0.15, 0.2) is 0 Å². The van der Waals surface area contributed by atoms with Gasteiger partial charge >= 0.3 is 11.9 Å². The van der Waals surface area contributed by atoms with Gasteiger partial charge in [0, 0.05) is 13.1 Å². The van der Waals surface area contributed by atoms with Crippen LogP contribution in [0.4, 0.5) is 0 Å². The number of hydrogen-bond donors (Lipinski definition) is 1. The third kappa shape index (κ3) is 2.75. The Labute approximate surface area is 151 Å². The van der Waals surface area contributed by atoms with E-state index < -0.39 is 27.4 Å². The summed E-state index contributed by atoms with van der Waals surface area (Å²) in [6.45, 7) is 0.133. The molecule has 3 rings (SSSR count). The molecule has 1 saturated heterocycles. The van der Waals surface area contributed by atoms with Gasteiger partial charge in [0.2, 0.25) is 10.0 Å². The molecule has 8 nitrogen and oxygen atoms in total. The lowest BCUT2D eigenvalue weighted by Crippen LogP contribution is -2.37. The average Bonchev–Trinajstić information content (AvgIpc) is 3.19. The normalized spacial score (nSPS) is 25.7. The van der Waals surface area contributed by atoms with Gasteiger partial charge in [-0.3, -0.25) is 4.79 Å². The lowest BCUT2D eigenvalue weighted by atomic mass is 9.81. The minimum atomic E-state index is -3.95. The molecule has 0 spiro atoms. The quantitative estimate of drug-likeness (QED) is 0.764. The molecule has 0 radical (unpaired) electrons. The highest BCUT2D eigenvalue weighted by Crippen LogP contribution is 2.50. The molecule has 1 aliphatic carbocycles. The third-order valence-corrected chi connectivity index (χ3v) is 7.32. The molecule has 1 heterocycles. The Hall–Kier alpha value is -2.13. The van der Waals surface area contributed by atoms with Crippen LogP contribution in [0.25, 0.3) is 0 Å². The van der Waals surface area contributed by atoms with Gasteiger partial charge in [0.25, 0.3) is 0 Å². The maximum Gasteiger partial charge on any atom is 0.337 e. The number of carbonyl (C=O) groups is 2. The van der Waals surface area contributed by atoms with Crippen LogP contribution in [-0.4, -0.2) is 57.1 Å². The number of ether oxygens (including phenoxy) is 2. The van der Waals surface area contributed by atoms with Crippen molar-refractivity contribution in [2.24, 2.45) is 11.3 Å². The average molecular weight is 383 g/mol. The van der Waals surface area contributed by atoms with Crippen molar-refractivity contribution in [3.8, 4) is 5.75 Å². The zero-order valence-corrected chi connectivity index (χ0v) is 15.4. The minimum absolute atomic E-state index is 0.0225. The van der Waals surface area contributed by atoms with Gasteiger partial charge in [-0.1, -0.05) is 6.42 Å². The number of methoxy groups -OCH3 is 2. The SMILES string of the molecule is COC(=O)c1ccc(S(=O)(=O)N2C[C@@H]3CCC[C@@]3(C(=O)O)C2)c(OC)c1. The van der Waals surface area contributed by atoms with Crippen LogP contribution in [0.1, 0.15) is 29.6 Å². The van der Waals surface area contributed by atoms with E-state index >= 15 is 0 Å². The highest BCUT2D eigenvalue weighted by Gasteiger charge is 2.57. The number of benzene rings is 1. The number of sulfonamides is 1. The molecular formula is C17H21NO7S. The number of nitrogens with zero attached hydrogens (tertiary/aromatic N) is 1. The topological polar surface area (TPSA) is 110 Å². The van der Waals surface area contributed by atoms with Gasteiger partial charge in [0.1, 0.15) is 10.6 Å². The van der Waals surface area contributed by atoms with E-state index in [2.05, 4.69) is 4.74 Å². The smallest absolute Gasteiger partial charge is 0.337 e. The first-order valence-corrected chi connectivity index (χ1v) is 9.70. The van der Waals surface area contributed by atoms with Gasteiger partial charge in [0.05, 0.1) is 25.2 Å². The van der Waals surface area contributed by atoms with E-state index in [1.807, 2.05) is 0 Å². The molecule has 142 valence electrons. The van der Waals surface area contributed by atoms with Crippen LogP contribution >= 0.6 is 0 Å². The Balaban J connectivity index is 1.97. The highest BCUT2D eigenvalue weighted by molar-refractivity contribution is 7.89. The molecule has 2 fully saturated rings. The van der Waals surface area contributed by atoms with Crippen LogP contribution in [-0.2, 0) is 19.6 Å². The molecule has 1 saturated carbocycles. The van der Waals surface area contributed by atoms with E-state index in [4.69, 9.17) is 4.74 Å². The number of hydrogen-bond acceptors (Lipinski definition) is 6. The number of aliphatic carboxylic acids is 1. The molecule has 2 aliphatic rings. The van der Waals surface area contributed by atoms with Crippen LogP contribution in [0.2, 0.25) is 0 Å². The monoisotopic (exact) mass is 383 g/mol. The predicted octanol–water partition coefficient (Wildman–Crippen LogP) is 1.36. The first kappa shape index (κ1) is 18.7. The summed E-state index contributed by atoms with van der Waals surface area (Å²) in [5, 5.41) is 9.66. The summed E-state index contributed by atoms with van der Waals surface area (Å²) in [5.41, 5.74) is -0.838. The largest absolute Gasteiger partial charge is 0.495 e. The summed E-state index contributed by atoms with van der Waals surface area (Å²) >= 11 is 0. The number of esters is 1. The molecule has 1 N–H and O–H groups in total. The molecule has 0 aromatic heterocycles. The molecule has 1 aromatic rings. The van der Waals surface area contributed by atoms with Crippen molar-refractivity contribution >= 4 is 22.0 Å². The van der Waals surface area contributed by atoms with E-state index in [0.717, 1.165) is 6.42 Å². The van der Waals surface area contributed by atoms with Crippen molar-refractivity contribution in [2.75, 3.05) is 27.3 Å². The van der Waals surface area contributed by atoms with E-state index in [-0.39, 0.29) is 35.2 Å². The fraction of sp³-hybridized carbons (Fsp3) is 0.529. The summed E-state index contributed by atoms with van der Waals surface area (Å²) in [7, 11) is -1.41. The molecule has 0 amide bonds. The van der Waals surface area contributed by atoms with Gasteiger partial charge in [-0.25, -0.2) is 13.2 Å². The van der Waals surface area contributed by atoms with Crippen molar-refractivity contribution in [1.82, 2.24) is 4.31 Å². The summed E-state index contributed by atoms with van der Waals surface area (Å²) in [6, 6.07) is 3.95. The summed E-state index contributed by atoms with van der Waals surface area (Å²) < 4.78 is 37.2. The predicted molar refractivity (Wildman–Crippen MR) is 90.5 cm³/mol. The first-order valence-electron chi connectivity index (χ1n) is 8.26. The van der Waals surface area contributed by atoms with Crippen molar-refractivity contribution in [3.63, 3.8) is 0 Å². The highest BCUT2D eigenvalue weighted by atomic mass is 32.2. The Morgan fingerprint density at radius 2 is 2.04 bits per heavy atom. The van der Waals surface area contributed by atoms with E-state index in [1.165, 1.54) is 36.7 Å². The second-order valence-electron chi connectivity index (χ2n) is 6.71. The van der Waals surface area contributed by atoms with Gasteiger partial charge in [-0.05, 0) is 37.0 Å². The molecule has 26 heavy (non-hydrogen) atoms. The first-order chi connectivity index (χ1) is 12.3. The van der Waals surface area contributed by atoms with Crippen LogP contribution < -0.4 is 4.74 Å². The molecule has 1 aromatic carbocycles. The van der Waals surface area contributed by atoms with Crippen LogP contribution in [0, 0.1) is 11.3 Å². The van der Waals surface area contributed by atoms with Crippen LogP contribution in [0.5, 0.6) is 5.75 Å². The van der Waals surface area contributed by atoms with Crippen molar-refractivity contribution in [2.45, 2.75) is 24.2 Å². The Bertz CT molecular complexity index is 851. The Morgan fingerprint density at radius 1 is 1.31 bits per heavy atom. The molecule has 9 heteroatoms. The molecule has 0 bridgehead atoms. The standard InChI is InChI=1S/C17H21NO7S/c1-24-13-8-11(15(19)25-2)5-6-14(13)26(22,23)18-9-12-4-3-7-17(12,10-18)16(20)21/h5-6,8,12H,3-4,7,9-10H2,1-2H3,(H,20,21)/t12-,17+/m0/s1. The number of carbonyl (C=O) groups excluding carboxylic acids is 1. The minimum Gasteiger partial charge on any atom is -0.495 e. The van der Waals surface area contributed by atoms with Crippen LogP contribution in [0.15, 0.2) is 23.1 Å². The third-order valence-electron chi connectivity index (χ3n) is 5.47. The van der Waals surface area contributed by atoms with E-state index in [9.17, 15) is 23.1 Å². The Morgan fingerprint density at radius 3 is 2.62 bits per heavy atom. The second kappa shape index (κ2) is 6.55. The number of carboxylic acids is 1. The van der Waals surface area contributed by atoms with Crippen molar-refractivity contribution in [1.29, 1.82) is 0 Å². The summed E-state index contributed by atoms with van der Waals surface area (Å²) in [6.07, 6.45) is 1.98. The number of rotatable bonds is 5. The molecule has 1 aliphatic heterocycles. The van der Waals surface area contributed by atoms with Crippen LogP contribution in [0.3, 0.4) is 0 Å². The lowest BCUT2D eigenvalue weighted by Gasteiger charge is -2.23. The Kier molecular flexibility index (Phi) is 4.70. The second-order valence-corrected chi connectivity index (χ2v) is 8.61. The lowest BCUT2D eigenvalue weighted by molar-refractivity contribution is -0.149. The molecular weight excluding hydrogens is 362 g/mol. The fourth-order valence-electron chi connectivity index (χ4n) is 4.04. The van der Waals surface area contributed by atoms with Crippen molar-refractivity contribution < 1.29 is 32.6 Å². The van der Waals surface area contributed by atoms with E-state index in [0.29, 0.717) is 12.8 Å². The van der Waals surface area contributed by atoms with Crippen molar-refractivity contribution in [3.05, 3.63) is 23.8 Å². The summed E-state index contributed by atoms with van der Waals surface area (Å²) in [5.74, 6) is -1.71. The number of fused-ring (bicyclic) bond motifs is 1. The number of carboxylic acid groups (broad SMARTS) is 1. The van der Waals surface area contributed by atoms with E-state index in [1.54, 1.807) is 0 Å². The van der Waals surface area contributed by atoms with Gasteiger partial charge in [-0.15, -0.1) is 0 Å². The molecule has 2 atom stereocenters. The van der Waals surface area contributed by atoms with Gasteiger partial charge in [-0.2, -0.15) is 4.31 Å².